The van der Waals surface area contributed by atoms with E-state index >= 15 is 0 Å². The molecule has 0 radical (unpaired) electrons. The molecule has 0 bridgehead atoms. The summed E-state index contributed by atoms with van der Waals surface area (Å²) in [6.45, 7) is 2.43. The molecule has 2 heterocycles. The van der Waals surface area contributed by atoms with Gasteiger partial charge in [0.25, 0.3) is 0 Å². The Labute approximate surface area is 226 Å². The zero-order valence-corrected chi connectivity index (χ0v) is 22.3. The highest BCUT2D eigenvalue weighted by atomic mass is 35.5. The predicted octanol–water partition coefficient (Wildman–Crippen LogP) is 5.67. The van der Waals surface area contributed by atoms with Crippen LogP contribution in [0.3, 0.4) is 0 Å². The SMILES string of the molecule is CCc1cc(OCc2ccc(-c3ccccc3-c3nnn[nH]3)cc2)c2c(OC)c(OC)c(OC)cc2n1.Cl. The molecule has 196 valence electrons. The molecular formula is C28H28ClN5O4. The van der Waals surface area contributed by atoms with Crippen LogP contribution in [0.15, 0.2) is 60.7 Å². The molecule has 2 aromatic heterocycles. The predicted molar refractivity (Wildman–Crippen MR) is 147 cm³/mol. The van der Waals surface area contributed by atoms with Crippen molar-refractivity contribution in [3.8, 4) is 45.5 Å². The lowest BCUT2D eigenvalue weighted by molar-refractivity contribution is 0.305. The number of fused-ring (bicyclic) bond motifs is 1. The van der Waals surface area contributed by atoms with Crippen LogP contribution in [-0.2, 0) is 13.0 Å². The molecule has 0 unspecified atom stereocenters. The summed E-state index contributed by atoms with van der Waals surface area (Å²) in [5.41, 5.74) is 5.67. The van der Waals surface area contributed by atoms with E-state index in [0.717, 1.165) is 45.3 Å². The lowest BCUT2D eigenvalue weighted by atomic mass is 9.98. The maximum Gasteiger partial charge on any atom is 0.204 e. The van der Waals surface area contributed by atoms with Gasteiger partial charge in [-0.15, -0.1) is 17.5 Å². The first-order chi connectivity index (χ1) is 18.2. The Morgan fingerprint density at radius 3 is 2.18 bits per heavy atom. The van der Waals surface area contributed by atoms with E-state index in [-0.39, 0.29) is 12.4 Å². The molecule has 0 saturated heterocycles. The fourth-order valence-corrected chi connectivity index (χ4v) is 4.33. The third kappa shape index (κ3) is 5.05. The summed E-state index contributed by atoms with van der Waals surface area (Å²) in [6.07, 6.45) is 0.762. The van der Waals surface area contributed by atoms with Gasteiger partial charge in [-0.25, -0.2) is 5.10 Å². The van der Waals surface area contributed by atoms with Crippen LogP contribution in [0.1, 0.15) is 18.2 Å². The van der Waals surface area contributed by atoms with Gasteiger partial charge in [0.05, 0.1) is 32.2 Å². The van der Waals surface area contributed by atoms with Crippen LogP contribution in [-0.4, -0.2) is 46.9 Å². The Morgan fingerprint density at radius 1 is 0.816 bits per heavy atom. The van der Waals surface area contributed by atoms with Gasteiger partial charge < -0.3 is 18.9 Å². The first-order valence-corrected chi connectivity index (χ1v) is 11.8. The van der Waals surface area contributed by atoms with Crippen LogP contribution in [0.2, 0.25) is 0 Å². The number of aryl methyl sites for hydroxylation is 1. The van der Waals surface area contributed by atoms with Gasteiger partial charge in [0.15, 0.2) is 17.3 Å². The van der Waals surface area contributed by atoms with Gasteiger partial charge in [-0.05, 0) is 33.5 Å². The number of hydrogen-bond acceptors (Lipinski definition) is 8. The minimum absolute atomic E-state index is 0. The van der Waals surface area contributed by atoms with Crippen molar-refractivity contribution in [2.24, 2.45) is 0 Å². The van der Waals surface area contributed by atoms with Gasteiger partial charge in [0, 0.05) is 23.4 Å². The Hall–Kier alpha value is -4.37. The lowest BCUT2D eigenvalue weighted by Crippen LogP contribution is -2.02. The molecule has 0 amide bonds. The minimum atomic E-state index is 0. The van der Waals surface area contributed by atoms with Crippen LogP contribution < -0.4 is 18.9 Å². The van der Waals surface area contributed by atoms with Crippen LogP contribution in [0.25, 0.3) is 33.4 Å². The molecule has 1 N–H and O–H groups in total. The molecule has 9 nitrogen and oxygen atoms in total. The first kappa shape index (κ1) is 26.7. The zero-order valence-electron chi connectivity index (χ0n) is 21.5. The van der Waals surface area contributed by atoms with Gasteiger partial charge in [-0.2, -0.15) is 0 Å². The summed E-state index contributed by atoms with van der Waals surface area (Å²) in [4.78, 5) is 4.76. The monoisotopic (exact) mass is 533 g/mol. The van der Waals surface area contributed by atoms with Crippen LogP contribution in [0.5, 0.6) is 23.0 Å². The van der Waals surface area contributed by atoms with Gasteiger partial charge in [-0.3, -0.25) is 4.98 Å². The number of halogens is 1. The Bertz CT molecular complexity index is 1530. The summed E-state index contributed by atoms with van der Waals surface area (Å²) in [5.74, 6) is 2.87. The largest absolute Gasteiger partial charge is 0.493 e. The second-order valence-corrected chi connectivity index (χ2v) is 8.29. The number of hydrogen-bond donors (Lipinski definition) is 1. The van der Waals surface area contributed by atoms with E-state index in [1.807, 2.05) is 36.4 Å². The molecule has 0 aliphatic carbocycles. The fourth-order valence-electron chi connectivity index (χ4n) is 4.33. The van der Waals surface area contributed by atoms with Gasteiger partial charge >= 0.3 is 0 Å². The molecule has 0 atom stereocenters. The number of rotatable bonds is 9. The van der Waals surface area contributed by atoms with Gasteiger partial charge in [0.1, 0.15) is 12.4 Å². The lowest BCUT2D eigenvalue weighted by Gasteiger charge is -2.18. The summed E-state index contributed by atoms with van der Waals surface area (Å²) in [7, 11) is 4.77. The maximum atomic E-state index is 6.34. The number of aromatic nitrogens is 5. The van der Waals surface area contributed by atoms with E-state index in [0.29, 0.717) is 35.4 Å². The number of aromatic amines is 1. The summed E-state index contributed by atoms with van der Waals surface area (Å²) in [6, 6.07) is 20.0. The Morgan fingerprint density at radius 2 is 1.55 bits per heavy atom. The van der Waals surface area contributed by atoms with E-state index in [1.54, 1.807) is 21.3 Å². The molecule has 5 aromatic rings. The summed E-state index contributed by atoms with van der Waals surface area (Å²) >= 11 is 0. The van der Waals surface area contributed by atoms with Crippen LogP contribution >= 0.6 is 12.4 Å². The highest BCUT2D eigenvalue weighted by Crippen LogP contribution is 2.46. The van der Waals surface area contributed by atoms with Crippen molar-refractivity contribution in [3.05, 3.63) is 71.9 Å². The van der Waals surface area contributed by atoms with Crippen molar-refractivity contribution >= 4 is 23.3 Å². The Balaban J connectivity index is 0.00000336. The smallest absolute Gasteiger partial charge is 0.204 e. The summed E-state index contributed by atoms with van der Waals surface area (Å²) in [5, 5.41) is 15.0. The van der Waals surface area contributed by atoms with Crippen LogP contribution in [0.4, 0.5) is 0 Å². The van der Waals surface area contributed by atoms with Crippen molar-refractivity contribution < 1.29 is 18.9 Å². The van der Waals surface area contributed by atoms with E-state index in [2.05, 4.69) is 51.8 Å². The van der Waals surface area contributed by atoms with Crippen LogP contribution in [0, 0.1) is 0 Å². The van der Waals surface area contributed by atoms with E-state index < -0.39 is 0 Å². The molecule has 5 rings (SSSR count). The average molecular weight is 534 g/mol. The van der Waals surface area contributed by atoms with Gasteiger partial charge in [0.2, 0.25) is 5.75 Å². The maximum absolute atomic E-state index is 6.34. The molecule has 38 heavy (non-hydrogen) atoms. The number of nitrogens with zero attached hydrogens (tertiary/aromatic N) is 4. The molecule has 3 aromatic carbocycles. The standard InChI is InChI=1S/C28H27N5O4.ClH/c1-5-19-14-23(25-22(29-19)15-24(34-2)26(35-3)27(25)36-4)37-16-17-10-12-18(13-11-17)20-8-6-7-9-21(20)28-30-32-33-31-28;/h6-15H,5,16H2,1-4H3,(H,30,31,32,33);1H. The summed E-state index contributed by atoms with van der Waals surface area (Å²) < 4.78 is 23.2. The number of H-pyrrole nitrogens is 1. The topological polar surface area (TPSA) is 104 Å². The van der Waals surface area contributed by atoms with E-state index in [4.69, 9.17) is 23.9 Å². The van der Waals surface area contributed by atoms with Crippen molar-refractivity contribution in [1.29, 1.82) is 0 Å². The molecule has 0 aliphatic rings. The number of methoxy groups -OCH3 is 3. The van der Waals surface area contributed by atoms with Gasteiger partial charge in [-0.1, -0.05) is 55.5 Å². The Kier molecular flexibility index (Phi) is 8.28. The first-order valence-electron chi connectivity index (χ1n) is 11.8. The second kappa shape index (κ2) is 11.8. The van der Waals surface area contributed by atoms with E-state index in [9.17, 15) is 0 Å². The normalized spacial score (nSPS) is 10.6. The van der Waals surface area contributed by atoms with E-state index in [1.165, 1.54) is 0 Å². The van der Waals surface area contributed by atoms with Crippen molar-refractivity contribution in [1.82, 2.24) is 25.6 Å². The number of ether oxygens (including phenoxy) is 4. The fraction of sp³-hybridized carbons (Fsp3) is 0.214. The number of nitrogens with one attached hydrogen (secondary N) is 1. The van der Waals surface area contributed by atoms with Crippen molar-refractivity contribution in [2.75, 3.05) is 21.3 Å². The molecule has 0 fully saturated rings. The second-order valence-electron chi connectivity index (χ2n) is 8.29. The molecule has 0 saturated carbocycles. The highest BCUT2D eigenvalue weighted by Gasteiger charge is 2.21. The quantitative estimate of drug-likeness (QED) is 0.258. The zero-order chi connectivity index (χ0) is 25.8. The molecule has 0 aliphatic heterocycles. The number of tetrazole rings is 1. The van der Waals surface area contributed by atoms with Crippen molar-refractivity contribution in [2.45, 2.75) is 20.0 Å². The third-order valence-electron chi connectivity index (χ3n) is 6.17. The number of benzene rings is 3. The number of pyridine rings is 1. The third-order valence-corrected chi connectivity index (χ3v) is 6.17. The molecule has 10 heteroatoms. The molecular weight excluding hydrogens is 506 g/mol. The highest BCUT2D eigenvalue weighted by molar-refractivity contribution is 5.95. The minimum Gasteiger partial charge on any atom is -0.493 e. The van der Waals surface area contributed by atoms with Crippen molar-refractivity contribution in [3.63, 3.8) is 0 Å². The molecule has 0 spiro atoms. The average Bonchev–Trinajstić information content (AvgIpc) is 3.50.